The largest absolute Gasteiger partial charge is 0.356 e. The maximum Gasteiger partial charge on any atom is 0.221 e. The van der Waals surface area contributed by atoms with Crippen LogP contribution >= 0.6 is 24.0 Å². The van der Waals surface area contributed by atoms with Gasteiger partial charge in [0.2, 0.25) is 5.91 Å². The molecule has 1 heterocycles. The van der Waals surface area contributed by atoms with Crippen molar-refractivity contribution < 1.29 is 4.79 Å². The molecule has 2 N–H and O–H groups in total. The van der Waals surface area contributed by atoms with Gasteiger partial charge in [0.1, 0.15) is 0 Å². The molecule has 1 aliphatic carbocycles. The average Bonchev–Trinajstić information content (AvgIpc) is 2.93. The van der Waals surface area contributed by atoms with Gasteiger partial charge in [0.05, 0.1) is 0 Å². The molecule has 2 rings (SSSR count). The van der Waals surface area contributed by atoms with Crippen molar-refractivity contribution in [3.05, 3.63) is 0 Å². The van der Waals surface area contributed by atoms with E-state index >= 15 is 0 Å². The fourth-order valence-corrected chi connectivity index (χ4v) is 3.55. The number of fused-ring (bicyclic) bond motifs is 1. The molecule has 0 bridgehead atoms. The Kier molecular flexibility index (Phi) is 9.12. The van der Waals surface area contributed by atoms with Crippen LogP contribution in [0.1, 0.15) is 45.4 Å². The van der Waals surface area contributed by atoms with E-state index in [9.17, 15) is 4.79 Å². The van der Waals surface area contributed by atoms with Gasteiger partial charge in [-0.15, -0.1) is 24.0 Å². The minimum atomic E-state index is 0. The Bertz CT molecular complexity index is 361. The van der Waals surface area contributed by atoms with Gasteiger partial charge in [0.15, 0.2) is 5.96 Å². The lowest BCUT2D eigenvalue weighted by atomic mass is 9.82. The molecule has 1 amide bonds. The molecule has 2 unspecified atom stereocenters. The first kappa shape index (κ1) is 19.5. The van der Waals surface area contributed by atoms with Crippen LogP contribution < -0.4 is 10.6 Å². The second kappa shape index (κ2) is 10.3. The SMILES string of the molecule is CCCNC(=O)CCNC(=NC)N1CC2CCCCC2C1.I. The molecule has 5 nitrogen and oxygen atoms in total. The van der Waals surface area contributed by atoms with E-state index < -0.39 is 0 Å². The molecule has 0 aromatic rings. The van der Waals surface area contributed by atoms with Crippen LogP contribution in [-0.2, 0) is 4.79 Å². The maximum absolute atomic E-state index is 11.6. The summed E-state index contributed by atoms with van der Waals surface area (Å²) < 4.78 is 0. The summed E-state index contributed by atoms with van der Waals surface area (Å²) in [5.74, 6) is 2.79. The molecule has 128 valence electrons. The minimum Gasteiger partial charge on any atom is -0.356 e. The number of hydrogen-bond donors (Lipinski definition) is 2. The van der Waals surface area contributed by atoms with Crippen LogP contribution in [-0.4, -0.2) is 50.0 Å². The second-order valence-corrected chi connectivity index (χ2v) is 6.28. The first-order chi connectivity index (χ1) is 10.2. The molecule has 6 heteroatoms. The summed E-state index contributed by atoms with van der Waals surface area (Å²) in [6.07, 6.45) is 7.02. The Labute approximate surface area is 151 Å². The summed E-state index contributed by atoms with van der Waals surface area (Å²) in [5, 5.41) is 6.25. The fourth-order valence-electron chi connectivity index (χ4n) is 3.55. The molecule has 2 aliphatic rings. The molecule has 0 radical (unpaired) electrons. The Morgan fingerprint density at radius 3 is 2.32 bits per heavy atom. The third-order valence-electron chi connectivity index (χ3n) is 4.69. The Balaban J connectivity index is 0.00000242. The van der Waals surface area contributed by atoms with E-state index in [4.69, 9.17) is 0 Å². The molecule has 1 aliphatic heterocycles. The van der Waals surface area contributed by atoms with E-state index in [2.05, 4.69) is 27.4 Å². The van der Waals surface area contributed by atoms with E-state index in [0.29, 0.717) is 13.0 Å². The van der Waals surface area contributed by atoms with Gasteiger partial charge in [-0.2, -0.15) is 0 Å². The predicted octanol–water partition coefficient (Wildman–Crippen LogP) is 2.22. The number of aliphatic imine (C=N–C) groups is 1. The zero-order valence-corrected chi connectivity index (χ0v) is 16.3. The molecule has 2 atom stereocenters. The summed E-state index contributed by atoms with van der Waals surface area (Å²) in [6, 6.07) is 0. The maximum atomic E-state index is 11.6. The summed E-state index contributed by atoms with van der Waals surface area (Å²) >= 11 is 0. The highest BCUT2D eigenvalue weighted by Gasteiger charge is 2.35. The molecule has 22 heavy (non-hydrogen) atoms. The molecule has 2 fully saturated rings. The minimum absolute atomic E-state index is 0. The molecular weight excluding hydrogens is 391 g/mol. The number of likely N-dealkylation sites (tertiary alicyclic amines) is 1. The highest BCUT2D eigenvalue weighted by molar-refractivity contribution is 14.0. The fraction of sp³-hybridized carbons (Fsp3) is 0.875. The zero-order valence-electron chi connectivity index (χ0n) is 13.9. The lowest BCUT2D eigenvalue weighted by Crippen LogP contribution is -2.41. The van der Waals surface area contributed by atoms with E-state index in [0.717, 1.165) is 43.9 Å². The van der Waals surface area contributed by atoms with Crippen LogP contribution in [0.15, 0.2) is 4.99 Å². The lowest BCUT2D eigenvalue weighted by molar-refractivity contribution is -0.120. The van der Waals surface area contributed by atoms with Crippen LogP contribution in [0.5, 0.6) is 0 Å². The van der Waals surface area contributed by atoms with Crippen molar-refractivity contribution in [2.24, 2.45) is 16.8 Å². The van der Waals surface area contributed by atoms with Gasteiger partial charge in [0, 0.05) is 39.6 Å². The number of nitrogens with zero attached hydrogens (tertiary/aromatic N) is 2. The molecule has 0 aromatic carbocycles. The van der Waals surface area contributed by atoms with Gasteiger partial charge in [0.25, 0.3) is 0 Å². The third-order valence-corrected chi connectivity index (χ3v) is 4.69. The van der Waals surface area contributed by atoms with Crippen molar-refractivity contribution >= 4 is 35.8 Å². The number of amides is 1. The van der Waals surface area contributed by atoms with Crippen molar-refractivity contribution in [2.45, 2.75) is 45.4 Å². The first-order valence-corrected chi connectivity index (χ1v) is 8.47. The molecule has 1 saturated carbocycles. The number of hydrogen-bond acceptors (Lipinski definition) is 2. The van der Waals surface area contributed by atoms with Crippen LogP contribution in [0.3, 0.4) is 0 Å². The van der Waals surface area contributed by atoms with E-state index in [-0.39, 0.29) is 29.9 Å². The van der Waals surface area contributed by atoms with E-state index in [1.165, 1.54) is 25.7 Å². The molecule has 0 spiro atoms. The monoisotopic (exact) mass is 422 g/mol. The van der Waals surface area contributed by atoms with Gasteiger partial charge < -0.3 is 15.5 Å². The Morgan fingerprint density at radius 1 is 1.14 bits per heavy atom. The summed E-state index contributed by atoms with van der Waals surface area (Å²) in [4.78, 5) is 18.4. The van der Waals surface area contributed by atoms with Crippen LogP contribution in [0, 0.1) is 11.8 Å². The van der Waals surface area contributed by atoms with Crippen LogP contribution in [0.25, 0.3) is 0 Å². The topological polar surface area (TPSA) is 56.7 Å². The van der Waals surface area contributed by atoms with Gasteiger partial charge in [-0.1, -0.05) is 19.8 Å². The highest BCUT2D eigenvalue weighted by atomic mass is 127. The third kappa shape index (κ3) is 5.59. The standard InChI is InChI=1S/C16H30N4O.HI/c1-3-9-18-15(21)8-10-19-16(17-2)20-11-13-6-4-5-7-14(13)12-20;/h13-14H,3-12H2,1-2H3,(H,17,19)(H,18,21);1H. The van der Waals surface area contributed by atoms with Crippen molar-refractivity contribution in [2.75, 3.05) is 33.2 Å². The number of halogens is 1. The van der Waals surface area contributed by atoms with E-state index in [1.54, 1.807) is 0 Å². The van der Waals surface area contributed by atoms with Crippen LogP contribution in [0.4, 0.5) is 0 Å². The number of carbonyl (C=O) groups excluding carboxylic acids is 1. The number of guanidine groups is 1. The normalized spacial score (nSPS) is 24.5. The summed E-state index contributed by atoms with van der Waals surface area (Å²) in [7, 11) is 1.83. The van der Waals surface area contributed by atoms with Crippen LogP contribution in [0.2, 0.25) is 0 Å². The first-order valence-electron chi connectivity index (χ1n) is 8.47. The van der Waals surface area contributed by atoms with Crippen molar-refractivity contribution in [1.82, 2.24) is 15.5 Å². The van der Waals surface area contributed by atoms with E-state index in [1.807, 2.05) is 7.05 Å². The van der Waals surface area contributed by atoms with Crippen molar-refractivity contribution in [3.63, 3.8) is 0 Å². The van der Waals surface area contributed by atoms with Gasteiger partial charge in [-0.05, 0) is 31.1 Å². The van der Waals surface area contributed by atoms with Gasteiger partial charge >= 0.3 is 0 Å². The van der Waals surface area contributed by atoms with Gasteiger partial charge in [-0.3, -0.25) is 9.79 Å². The van der Waals surface area contributed by atoms with Crippen molar-refractivity contribution in [3.8, 4) is 0 Å². The zero-order chi connectivity index (χ0) is 15.1. The predicted molar refractivity (Wildman–Crippen MR) is 102 cm³/mol. The Morgan fingerprint density at radius 2 is 1.77 bits per heavy atom. The quantitative estimate of drug-likeness (QED) is 0.406. The van der Waals surface area contributed by atoms with Gasteiger partial charge in [-0.25, -0.2) is 0 Å². The second-order valence-electron chi connectivity index (χ2n) is 6.28. The molecular formula is C16H31IN4O. The van der Waals surface area contributed by atoms with Crippen molar-refractivity contribution in [1.29, 1.82) is 0 Å². The number of carbonyl (C=O) groups is 1. The average molecular weight is 422 g/mol. The Hall–Kier alpha value is -0.530. The number of rotatable bonds is 5. The number of nitrogens with one attached hydrogen (secondary N) is 2. The highest BCUT2D eigenvalue weighted by Crippen LogP contribution is 2.35. The summed E-state index contributed by atoms with van der Waals surface area (Å²) in [6.45, 7) is 5.75. The summed E-state index contributed by atoms with van der Waals surface area (Å²) in [5.41, 5.74) is 0. The lowest BCUT2D eigenvalue weighted by Gasteiger charge is -2.22. The molecule has 1 saturated heterocycles. The molecule has 0 aromatic heterocycles. The smallest absolute Gasteiger partial charge is 0.221 e.